The summed E-state index contributed by atoms with van der Waals surface area (Å²) in [7, 11) is -4.79. The minimum Gasteiger partial charge on any atom is -0.464 e. The van der Waals surface area contributed by atoms with Crippen molar-refractivity contribution in [3.8, 4) is 0 Å². The lowest BCUT2D eigenvalue weighted by atomic mass is 10.1. The summed E-state index contributed by atoms with van der Waals surface area (Å²) in [6.07, 6.45) is -5.50. The monoisotopic (exact) mass is 491 g/mol. The van der Waals surface area contributed by atoms with E-state index in [0.717, 1.165) is 12.3 Å². The minimum atomic E-state index is -4.79. The highest BCUT2D eigenvalue weighted by Crippen LogP contribution is 2.47. The molecule has 0 radical (unpaired) electrons. The number of phosphoric ester groups is 1. The first-order chi connectivity index (χ1) is 14.4. The summed E-state index contributed by atoms with van der Waals surface area (Å²) in [6.45, 7) is -0.274. The van der Waals surface area contributed by atoms with E-state index in [1.165, 1.54) is 0 Å². The van der Waals surface area contributed by atoms with Gasteiger partial charge in [-0.15, -0.1) is 11.6 Å². The zero-order chi connectivity index (χ0) is 23.4. The second-order valence-electron chi connectivity index (χ2n) is 6.38. The van der Waals surface area contributed by atoms with Crippen LogP contribution in [0.25, 0.3) is 0 Å². The standard InChI is InChI=1S/C15H21ClF2N3O9P/c1-2-11(22)27-5-8(16)6-28-31(25,26)29-7-9-12(23)15(17,18)13(30-9)21-4-3-10(19)20-14(21)24/h3-4,8-9,12-13,23H,2,5-7H2,1H3,(H,25,26)(H2,19,20,24). The molecule has 5 atom stereocenters. The molecule has 1 saturated heterocycles. The summed E-state index contributed by atoms with van der Waals surface area (Å²) >= 11 is 5.79. The van der Waals surface area contributed by atoms with Crippen molar-refractivity contribution in [2.75, 3.05) is 25.6 Å². The van der Waals surface area contributed by atoms with Crippen molar-refractivity contribution in [1.29, 1.82) is 0 Å². The van der Waals surface area contributed by atoms with Gasteiger partial charge in [0, 0.05) is 12.6 Å². The predicted molar refractivity (Wildman–Crippen MR) is 100 cm³/mol. The molecule has 1 aromatic heterocycles. The molecule has 0 amide bonds. The van der Waals surface area contributed by atoms with Crippen LogP contribution in [-0.2, 0) is 27.9 Å². The number of carbonyl (C=O) groups excluding carboxylic acids is 1. The maximum absolute atomic E-state index is 14.4. The molecule has 0 aliphatic carbocycles. The highest BCUT2D eigenvalue weighted by atomic mass is 35.5. The summed E-state index contributed by atoms with van der Waals surface area (Å²) in [6, 6.07) is 1.08. The van der Waals surface area contributed by atoms with Gasteiger partial charge in [0.1, 0.15) is 18.5 Å². The van der Waals surface area contributed by atoms with Crippen molar-refractivity contribution < 1.29 is 46.7 Å². The van der Waals surface area contributed by atoms with E-state index in [1.807, 2.05) is 0 Å². The molecule has 12 nitrogen and oxygen atoms in total. The quantitative estimate of drug-likeness (QED) is 0.235. The van der Waals surface area contributed by atoms with Crippen LogP contribution in [0.1, 0.15) is 19.6 Å². The number of carbonyl (C=O) groups is 1. The number of halogens is 3. The molecule has 0 bridgehead atoms. The first-order valence-electron chi connectivity index (χ1n) is 8.85. The van der Waals surface area contributed by atoms with Gasteiger partial charge in [0.15, 0.2) is 6.10 Å². The van der Waals surface area contributed by atoms with Gasteiger partial charge in [-0.05, 0) is 6.07 Å². The minimum absolute atomic E-state index is 0.111. The van der Waals surface area contributed by atoms with Crippen molar-refractivity contribution >= 4 is 31.2 Å². The van der Waals surface area contributed by atoms with Crippen LogP contribution in [-0.4, -0.2) is 68.8 Å². The molecule has 1 fully saturated rings. The number of esters is 1. The summed E-state index contributed by atoms with van der Waals surface area (Å²) in [4.78, 5) is 35.8. The van der Waals surface area contributed by atoms with Gasteiger partial charge >= 0.3 is 25.4 Å². The van der Waals surface area contributed by atoms with Crippen molar-refractivity contribution in [3.63, 3.8) is 0 Å². The maximum Gasteiger partial charge on any atom is 0.472 e. The van der Waals surface area contributed by atoms with E-state index >= 15 is 0 Å². The third kappa shape index (κ3) is 6.65. The molecule has 1 aliphatic heterocycles. The molecule has 176 valence electrons. The maximum atomic E-state index is 14.4. The van der Waals surface area contributed by atoms with Gasteiger partial charge in [-0.1, -0.05) is 6.92 Å². The van der Waals surface area contributed by atoms with Crippen LogP contribution in [0.15, 0.2) is 17.1 Å². The number of hydrogen-bond donors (Lipinski definition) is 3. The number of nitrogens with two attached hydrogens (primary N) is 1. The van der Waals surface area contributed by atoms with E-state index in [0.29, 0.717) is 4.57 Å². The Bertz CT molecular complexity index is 890. The Hall–Kier alpha value is -1.67. The number of phosphoric acid groups is 1. The first kappa shape index (κ1) is 25.6. The number of aromatic nitrogens is 2. The highest BCUT2D eigenvalue weighted by molar-refractivity contribution is 7.47. The molecular weight excluding hydrogens is 471 g/mol. The summed E-state index contributed by atoms with van der Waals surface area (Å²) < 4.78 is 60.0. The molecule has 31 heavy (non-hydrogen) atoms. The molecule has 2 rings (SSSR count). The zero-order valence-corrected chi connectivity index (χ0v) is 17.7. The van der Waals surface area contributed by atoms with Gasteiger partial charge in [0.2, 0.25) is 6.23 Å². The topological polar surface area (TPSA) is 172 Å². The SMILES string of the molecule is CCC(=O)OCC(Cl)COP(=O)(O)OCC1OC(n2ccc(N)nc2=O)C(F)(F)C1O. The molecule has 5 unspecified atom stereocenters. The Morgan fingerprint density at radius 1 is 1.48 bits per heavy atom. The van der Waals surface area contributed by atoms with E-state index in [9.17, 15) is 32.9 Å². The Balaban J connectivity index is 1.94. The Morgan fingerprint density at radius 3 is 2.77 bits per heavy atom. The lowest BCUT2D eigenvalue weighted by Gasteiger charge is -2.20. The summed E-state index contributed by atoms with van der Waals surface area (Å²) in [5.41, 5.74) is 4.16. The van der Waals surface area contributed by atoms with Gasteiger partial charge in [-0.3, -0.25) is 18.4 Å². The van der Waals surface area contributed by atoms with Crippen LogP contribution in [0.5, 0.6) is 0 Å². The molecule has 2 heterocycles. The van der Waals surface area contributed by atoms with Gasteiger partial charge < -0.3 is 25.2 Å². The van der Waals surface area contributed by atoms with E-state index in [-0.39, 0.29) is 18.8 Å². The van der Waals surface area contributed by atoms with Crippen LogP contribution in [0, 0.1) is 0 Å². The van der Waals surface area contributed by atoms with Crippen LogP contribution in [0.2, 0.25) is 0 Å². The number of rotatable bonds is 10. The fourth-order valence-electron chi connectivity index (χ4n) is 2.42. The number of anilines is 1. The summed E-state index contributed by atoms with van der Waals surface area (Å²) in [5.74, 6) is -4.70. The van der Waals surface area contributed by atoms with Gasteiger partial charge in [0.05, 0.1) is 18.6 Å². The normalized spacial score (nSPS) is 25.7. The molecule has 0 saturated carbocycles. The van der Waals surface area contributed by atoms with Crippen LogP contribution in [0.4, 0.5) is 14.6 Å². The number of hydrogen-bond acceptors (Lipinski definition) is 10. The molecule has 4 N–H and O–H groups in total. The largest absolute Gasteiger partial charge is 0.472 e. The smallest absolute Gasteiger partial charge is 0.464 e. The number of aliphatic hydroxyl groups is 1. The molecule has 0 aromatic carbocycles. The fourth-order valence-corrected chi connectivity index (χ4v) is 3.42. The van der Waals surface area contributed by atoms with Crippen LogP contribution < -0.4 is 11.4 Å². The average molecular weight is 492 g/mol. The Morgan fingerprint density at radius 2 is 2.16 bits per heavy atom. The van der Waals surface area contributed by atoms with E-state index in [2.05, 4.69) is 14.0 Å². The Labute approximate surface area is 179 Å². The fraction of sp³-hybridized carbons (Fsp3) is 0.667. The predicted octanol–water partition coefficient (Wildman–Crippen LogP) is 0.413. The van der Waals surface area contributed by atoms with E-state index in [4.69, 9.17) is 26.8 Å². The molecule has 16 heteroatoms. The van der Waals surface area contributed by atoms with Gasteiger partial charge in [0.25, 0.3) is 0 Å². The zero-order valence-electron chi connectivity index (χ0n) is 16.1. The highest BCUT2D eigenvalue weighted by Gasteiger charge is 2.60. The average Bonchev–Trinajstić information content (AvgIpc) is 2.92. The van der Waals surface area contributed by atoms with Crippen molar-refractivity contribution in [3.05, 3.63) is 22.7 Å². The van der Waals surface area contributed by atoms with Crippen molar-refractivity contribution in [1.82, 2.24) is 9.55 Å². The molecular formula is C15H21ClF2N3O9P. The Kier molecular flexibility index (Phi) is 8.50. The van der Waals surface area contributed by atoms with E-state index in [1.54, 1.807) is 6.92 Å². The number of alkyl halides is 3. The second-order valence-corrected chi connectivity index (χ2v) is 8.45. The van der Waals surface area contributed by atoms with E-state index < -0.39 is 62.4 Å². The lowest BCUT2D eigenvalue weighted by molar-refractivity contribution is -0.143. The third-order valence-electron chi connectivity index (χ3n) is 4.02. The number of nitrogen functional groups attached to an aromatic ring is 1. The second kappa shape index (κ2) is 10.3. The molecule has 0 spiro atoms. The number of ether oxygens (including phenoxy) is 2. The first-order valence-corrected chi connectivity index (χ1v) is 10.8. The van der Waals surface area contributed by atoms with Crippen LogP contribution in [0.3, 0.4) is 0 Å². The van der Waals surface area contributed by atoms with Crippen molar-refractivity contribution in [2.45, 2.75) is 43.1 Å². The molecule has 1 aromatic rings. The van der Waals surface area contributed by atoms with Crippen molar-refractivity contribution in [2.24, 2.45) is 0 Å². The van der Waals surface area contributed by atoms with Gasteiger partial charge in [-0.25, -0.2) is 9.36 Å². The van der Waals surface area contributed by atoms with Gasteiger partial charge in [-0.2, -0.15) is 13.8 Å². The number of nitrogens with zero attached hydrogens (tertiary/aromatic N) is 2. The number of aliphatic hydroxyl groups excluding tert-OH is 1. The molecule has 1 aliphatic rings. The lowest BCUT2D eigenvalue weighted by Crippen LogP contribution is -2.42. The third-order valence-corrected chi connectivity index (χ3v) is 5.22. The summed E-state index contributed by atoms with van der Waals surface area (Å²) in [5, 5.41) is 8.88. The van der Waals surface area contributed by atoms with Crippen LogP contribution >= 0.6 is 19.4 Å².